The van der Waals surface area contributed by atoms with E-state index in [0.717, 1.165) is 12.2 Å². The van der Waals surface area contributed by atoms with E-state index in [2.05, 4.69) is 6.92 Å². The molecule has 0 N–H and O–H groups in total. The Hall–Kier alpha value is -0.690. The highest BCUT2D eigenvalue weighted by molar-refractivity contribution is 6.23. The van der Waals surface area contributed by atoms with E-state index in [-0.39, 0.29) is 11.5 Å². The number of rotatable bonds is 5. The molecule has 1 aromatic rings. The summed E-state index contributed by atoms with van der Waals surface area (Å²) in [5.41, 5.74) is 0.248. The first-order chi connectivity index (χ1) is 8.30. The number of hydrogen-bond donors (Lipinski definition) is 0. The molecule has 0 spiro atoms. The third-order valence-electron chi connectivity index (χ3n) is 4.03. The predicted octanol–water partition coefficient (Wildman–Crippen LogP) is 4.80. The molecule has 1 atom stereocenters. The largest absolute Gasteiger partial charge is 0.488 e. The molecule has 1 unspecified atom stereocenters. The average molecular weight is 252 g/mol. The van der Waals surface area contributed by atoms with E-state index in [1.807, 2.05) is 30.3 Å². The van der Waals surface area contributed by atoms with Crippen LogP contribution in [0.25, 0.3) is 0 Å². The summed E-state index contributed by atoms with van der Waals surface area (Å²) in [6.07, 6.45) is 6.21. The monoisotopic (exact) mass is 251 g/mol. The molecule has 1 fully saturated rings. The molecule has 1 nitrogen and oxygen atoms in total. The van der Waals surface area contributed by atoms with E-state index in [1.54, 1.807) is 5.88 Å². The van der Waals surface area contributed by atoms with Crippen molar-refractivity contribution >= 4 is 11.6 Å². The maximum Gasteiger partial charge on any atom is 0.122 e. The molecule has 0 aromatic heterocycles. The van der Waals surface area contributed by atoms with Crippen molar-refractivity contribution in [2.45, 2.75) is 45.1 Å². The van der Waals surface area contributed by atoms with Crippen molar-refractivity contribution in [3.63, 3.8) is 0 Å². The summed E-state index contributed by atoms with van der Waals surface area (Å²) in [5, 5.41) is 0. The predicted molar refractivity (Wildman–Crippen MR) is 72.2 cm³/mol. The summed E-state index contributed by atoms with van der Waals surface area (Å²) < 4.78 is 6.05. The van der Waals surface area contributed by atoms with Crippen molar-refractivity contribution in [1.82, 2.24) is 0 Å². The fourth-order valence-corrected chi connectivity index (χ4v) is 3.17. The normalized spacial score (nSPS) is 20.1. The summed E-state index contributed by atoms with van der Waals surface area (Å²) >= 11 is 6.02. The van der Waals surface area contributed by atoms with E-state index in [1.165, 1.54) is 25.7 Å². The lowest BCUT2D eigenvalue weighted by Gasteiger charge is -2.35. The van der Waals surface area contributed by atoms with E-state index in [4.69, 9.17) is 16.3 Å². The fourth-order valence-electron chi connectivity index (χ4n) is 2.85. The van der Waals surface area contributed by atoms with Gasteiger partial charge < -0.3 is 4.74 Å². The molecule has 0 bridgehead atoms. The Morgan fingerprint density at radius 3 is 2.47 bits per heavy atom. The van der Waals surface area contributed by atoms with Gasteiger partial charge >= 0.3 is 0 Å². The minimum atomic E-state index is 0.0269. The topological polar surface area (TPSA) is 9.23 Å². The summed E-state index contributed by atoms with van der Waals surface area (Å²) in [6.45, 7) is 2.24. The number of hydrogen-bond acceptors (Lipinski definition) is 1. The smallest absolute Gasteiger partial charge is 0.122 e. The zero-order valence-corrected chi connectivity index (χ0v) is 11.1. The summed E-state index contributed by atoms with van der Waals surface area (Å²) in [5.74, 6) is 2.62. The molecule has 17 heavy (non-hydrogen) atoms. The standard InChI is InChI=1S/C15H20ClO/c1-2-15(10-6-7-11-15)14(12-16)17-13-8-4-3-5-9-13/h3-5,8-9,12,14H,2,6-7,10-11H2,1H3. The van der Waals surface area contributed by atoms with Gasteiger partial charge in [0.25, 0.3) is 0 Å². The summed E-state index contributed by atoms with van der Waals surface area (Å²) in [4.78, 5) is 0. The maximum atomic E-state index is 6.05. The molecule has 1 aromatic carbocycles. The van der Waals surface area contributed by atoms with Crippen LogP contribution in [0.5, 0.6) is 5.75 Å². The van der Waals surface area contributed by atoms with Crippen LogP contribution in [0.1, 0.15) is 39.0 Å². The lowest BCUT2D eigenvalue weighted by Crippen LogP contribution is -2.36. The Balaban J connectivity index is 2.10. The van der Waals surface area contributed by atoms with Gasteiger partial charge in [-0.05, 0) is 31.4 Å². The van der Waals surface area contributed by atoms with Gasteiger partial charge in [-0.25, -0.2) is 0 Å². The maximum absolute atomic E-state index is 6.05. The van der Waals surface area contributed by atoms with Gasteiger partial charge in [-0.1, -0.05) is 38.0 Å². The molecule has 0 saturated heterocycles. The zero-order valence-electron chi connectivity index (χ0n) is 10.4. The van der Waals surface area contributed by atoms with Gasteiger partial charge in [0, 0.05) is 5.41 Å². The van der Waals surface area contributed by atoms with Crippen LogP contribution in [0.2, 0.25) is 0 Å². The molecular formula is C15H20ClO. The molecule has 1 radical (unpaired) electrons. The van der Waals surface area contributed by atoms with Crippen molar-refractivity contribution in [1.29, 1.82) is 0 Å². The quantitative estimate of drug-likeness (QED) is 0.730. The Bertz CT molecular complexity index is 330. The van der Waals surface area contributed by atoms with Crippen molar-refractivity contribution in [3.05, 3.63) is 36.2 Å². The first kappa shape index (κ1) is 12.8. The second kappa shape index (κ2) is 5.77. The van der Waals surface area contributed by atoms with Crippen LogP contribution < -0.4 is 4.74 Å². The molecule has 1 aliphatic carbocycles. The molecule has 0 heterocycles. The number of halogens is 1. The van der Waals surface area contributed by atoms with E-state index in [9.17, 15) is 0 Å². The minimum absolute atomic E-state index is 0.0269. The third kappa shape index (κ3) is 2.77. The second-order valence-electron chi connectivity index (χ2n) is 4.90. The van der Waals surface area contributed by atoms with Gasteiger partial charge in [0.2, 0.25) is 0 Å². The first-order valence-corrected chi connectivity index (χ1v) is 6.89. The Morgan fingerprint density at radius 2 is 1.94 bits per heavy atom. The van der Waals surface area contributed by atoms with Crippen molar-refractivity contribution in [3.8, 4) is 5.75 Å². The van der Waals surface area contributed by atoms with Gasteiger partial charge in [-0.2, -0.15) is 0 Å². The van der Waals surface area contributed by atoms with Crippen LogP contribution >= 0.6 is 11.6 Å². The Labute approximate surface area is 109 Å². The highest BCUT2D eigenvalue weighted by Gasteiger charge is 2.41. The molecule has 2 heteroatoms. The number of para-hydroxylation sites is 1. The SMILES string of the molecule is CCC1(C([CH]Cl)Oc2ccccc2)CCCC1. The van der Waals surface area contributed by atoms with Crippen LogP contribution in [-0.2, 0) is 0 Å². The van der Waals surface area contributed by atoms with Gasteiger partial charge in [-0.15, -0.1) is 11.6 Å². The Morgan fingerprint density at radius 1 is 1.29 bits per heavy atom. The highest BCUT2D eigenvalue weighted by atomic mass is 35.5. The summed E-state index contributed by atoms with van der Waals surface area (Å²) in [7, 11) is 0. The van der Waals surface area contributed by atoms with E-state index >= 15 is 0 Å². The molecule has 2 rings (SSSR count). The van der Waals surface area contributed by atoms with Crippen LogP contribution in [0.4, 0.5) is 0 Å². The van der Waals surface area contributed by atoms with Crippen LogP contribution in [0, 0.1) is 11.3 Å². The highest BCUT2D eigenvalue weighted by Crippen LogP contribution is 2.46. The number of ether oxygens (including phenoxy) is 1. The van der Waals surface area contributed by atoms with Gasteiger partial charge in [-0.3, -0.25) is 0 Å². The van der Waals surface area contributed by atoms with Crippen LogP contribution in [-0.4, -0.2) is 6.10 Å². The van der Waals surface area contributed by atoms with Gasteiger partial charge in [0.05, 0.1) is 5.88 Å². The summed E-state index contributed by atoms with van der Waals surface area (Å²) in [6, 6.07) is 9.97. The van der Waals surface area contributed by atoms with Gasteiger partial charge in [0.1, 0.15) is 11.9 Å². The van der Waals surface area contributed by atoms with E-state index in [0.29, 0.717) is 0 Å². The molecule has 93 valence electrons. The van der Waals surface area contributed by atoms with Crippen molar-refractivity contribution in [2.24, 2.45) is 5.41 Å². The van der Waals surface area contributed by atoms with Gasteiger partial charge in [0.15, 0.2) is 0 Å². The fraction of sp³-hybridized carbons (Fsp3) is 0.533. The second-order valence-corrected chi connectivity index (χ2v) is 5.15. The zero-order chi connectivity index (χ0) is 12.1. The van der Waals surface area contributed by atoms with E-state index < -0.39 is 0 Å². The molecule has 1 saturated carbocycles. The molecule has 1 aliphatic rings. The average Bonchev–Trinajstić information content (AvgIpc) is 2.87. The van der Waals surface area contributed by atoms with Crippen LogP contribution in [0.15, 0.2) is 30.3 Å². The Kier molecular flexibility index (Phi) is 4.33. The van der Waals surface area contributed by atoms with Crippen molar-refractivity contribution in [2.75, 3.05) is 0 Å². The molecular weight excluding hydrogens is 232 g/mol. The van der Waals surface area contributed by atoms with Crippen LogP contribution in [0.3, 0.4) is 0 Å². The molecule has 0 aliphatic heterocycles. The minimum Gasteiger partial charge on any atom is -0.488 e. The molecule has 0 amide bonds. The first-order valence-electron chi connectivity index (χ1n) is 6.46. The lowest BCUT2D eigenvalue weighted by molar-refractivity contribution is 0.0769. The van der Waals surface area contributed by atoms with Crippen molar-refractivity contribution < 1.29 is 4.74 Å². The number of benzene rings is 1. The third-order valence-corrected chi connectivity index (χ3v) is 4.26. The lowest BCUT2D eigenvalue weighted by atomic mass is 9.78.